The average Bonchev–Trinajstić information content (AvgIpc) is 3.25. The zero-order valence-electron chi connectivity index (χ0n) is 12.7. The number of hydrazone groups is 1. The number of carbonyl (C=O) groups excluding carboxylic acids is 1. The second kappa shape index (κ2) is 5.70. The Morgan fingerprint density at radius 2 is 2.09 bits per heavy atom. The second-order valence-electron chi connectivity index (χ2n) is 5.62. The first-order chi connectivity index (χ1) is 11.2. The van der Waals surface area contributed by atoms with Crippen molar-refractivity contribution in [1.29, 1.82) is 0 Å². The Labute approximate surface area is 137 Å². The average molecular weight is 328 g/mol. The lowest BCUT2D eigenvalue weighted by molar-refractivity contribution is 0.0959. The standard InChI is InChI=1S/C17H16N2O3S/c1-10(11-5-6-13-14(7-11)22-9-21-13)18-19-17(20)16-8-12-3-2-4-15(12)23-16/h5-8H,2-4,9H2,1H3,(H,19,20)/b18-10-. The lowest BCUT2D eigenvalue weighted by Gasteiger charge is -2.03. The van der Waals surface area contributed by atoms with Gasteiger partial charge in [-0.15, -0.1) is 11.3 Å². The van der Waals surface area contributed by atoms with Gasteiger partial charge in [0.1, 0.15) is 0 Å². The zero-order chi connectivity index (χ0) is 15.8. The summed E-state index contributed by atoms with van der Waals surface area (Å²) in [6, 6.07) is 7.61. The monoisotopic (exact) mass is 328 g/mol. The molecule has 0 radical (unpaired) electrons. The van der Waals surface area contributed by atoms with E-state index < -0.39 is 0 Å². The number of nitrogens with zero attached hydrogens (tertiary/aromatic N) is 1. The van der Waals surface area contributed by atoms with Gasteiger partial charge in [-0.1, -0.05) is 0 Å². The van der Waals surface area contributed by atoms with Crippen molar-refractivity contribution in [2.75, 3.05) is 6.79 Å². The largest absolute Gasteiger partial charge is 0.454 e. The number of nitrogens with one attached hydrogen (secondary N) is 1. The van der Waals surface area contributed by atoms with Crippen LogP contribution in [0.25, 0.3) is 0 Å². The van der Waals surface area contributed by atoms with Crippen molar-refractivity contribution in [3.8, 4) is 11.5 Å². The van der Waals surface area contributed by atoms with E-state index in [4.69, 9.17) is 9.47 Å². The fourth-order valence-electron chi connectivity index (χ4n) is 2.82. The molecule has 23 heavy (non-hydrogen) atoms. The summed E-state index contributed by atoms with van der Waals surface area (Å²) in [4.78, 5) is 14.3. The minimum atomic E-state index is -0.149. The highest BCUT2D eigenvalue weighted by Gasteiger charge is 2.18. The van der Waals surface area contributed by atoms with Crippen LogP contribution in [-0.2, 0) is 12.8 Å². The number of amides is 1. The highest BCUT2D eigenvalue weighted by molar-refractivity contribution is 7.14. The summed E-state index contributed by atoms with van der Waals surface area (Å²) in [5, 5.41) is 4.21. The van der Waals surface area contributed by atoms with Gasteiger partial charge in [-0.25, -0.2) is 5.43 Å². The summed E-state index contributed by atoms with van der Waals surface area (Å²) in [5.41, 5.74) is 5.57. The number of benzene rings is 1. The fraction of sp³-hybridized carbons (Fsp3) is 0.294. The van der Waals surface area contributed by atoms with E-state index in [1.165, 1.54) is 16.9 Å². The van der Waals surface area contributed by atoms with Crippen LogP contribution >= 0.6 is 11.3 Å². The van der Waals surface area contributed by atoms with Crippen LogP contribution in [0.3, 0.4) is 0 Å². The normalized spacial score (nSPS) is 15.6. The number of hydrogen-bond acceptors (Lipinski definition) is 5. The van der Waals surface area contributed by atoms with E-state index >= 15 is 0 Å². The van der Waals surface area contributed by atoms with E-state index in [0.717, 1.165) is 34.7 Å². The molecular weight excluding hydrogens is 312 g/mol. The fourth-order valence-corrected chi connectivity index (χ4v) is 3.96. The molecule has 0 bridgehead atoms. The van der Waals surface area contributed by atoms with Crippen LogP contribution in [0, 0.1) is 0 Å². The van der Waals surface area contributed by atoms with Crippen LogP contribution in [-0.4, -0.2) is 18.4 Å². The predicted molar refractivity (Wildman–Crippen MR) is 88.6 cm³/mol. The van der Waals surface area contributed by atoms with Crippen LogP contribution in [0.4, 0.5) is 0 Å². The number of rotatable bonds is 3. The van der Waals surface area contributed by atoms with Crippen molar-refractivity contribution in [1.82, 2.24) is 5.43 Å². The highest BCUT2D eigenvalue weighted by Crippen LogP contribution is 2.33. The van der Waals surface area contributed by atoms with Crippen LogP contribution in [0.2, 0.25) is 0 Å². The maximum absolute atomic E-state index is 12.2. The second-order valence-corrected chi connectivity index (χ2v) is 6.76. The van der Waals surface area contributed by atoms with Gasteiger partial charge < -0.3 is 9.47 Å². The summed E-state index contributed by atoms with van der Waals surface area (Å²) in [7, 11) is 0. The Bertz CT molecular complexity index is 789. The number of thiophene rings is 1. The van der Waals surface area contributed by atoms with Gasteiger partial charge >= 0.3 is 0 Å². The molecule has 1 amide bonds. The quantitative estimate of drug-likeness (QED) is 0.695. The summed E-state index contributed by atoms with van der Waals surface area (Å²) >= 11 is 1.58. The van der Waals surface area contributed by atoms with Gasteiger partial charge in [-0.05, 0) is 56.0 Å². The highest BCUT2D eigenvalue weighted by atomic mass is 32.1. The zero-order valence-corrected chi connectivity index (χ0v) is 13.5. The first-order valence-electron chi connectivity index (χ1n) is 7.57. The summed E-state index contributed by atoms with van der Waals surface area (Å²) in [6.45, 7) is 2.10. The van der Waals surface area contributed by atoms with E-state index in [2.05, 4.69) is 10.5 Å². The molecule has 0 saturated heterocycles. The SMILES string of the molecule is C/C(=N/NC(=O)c1cc2c(s1)CCC2)c1ccc2c(c1)OCO2. The van der Waals surface area contributed by atoms with Crippen molar-refractivity contribution >= 4 is 23.0 Å². The van der Waals surface area contributed by atoms with Gasteiger partial charge in [0.15, 0.2) is 11.5 Å². The molecule has 1 aromatic heterocycles. The number of fused-ring (bicyclic) bond motifs is 2. The molecule has 0 saturated carbocycles. The lowest BCUT2D eigenvalue weighted by Crippen LogP contribution is -2.18. The Balaban J connectivity index is 1.47. The first-order valence-corrected chi connectivity index (χ1v) is 8.38. The molecule has 1 aliphatic carbocycles. The first kappa shape index (κ1) is 14.3. The molecule has 1 aliphatic heterocycles. The van der Waals surface area contributed by atoms with Crippen LogP contribution in [0.5, 0.6) is 11.5 Å². The molecule has 4 rings (SSSR count). The van der Waals surface area contributed by atoms with Crippen molar-refractivity contribution in [2.24, 2.45) is 5.10 Å². The third-order valence-electron chi connectivity index (χ3n) is 4.09. The Hall–Kier alpha value is -2.34. The maximum Gasteiger partial charge on any atom is 0.281 e. The van der Waals surface area contributed by atoms with Crippen LogP contribution < -0.4 is 14.9 Å². The minimum absolute atomic E-state index is 0.149. The Kier molecular flexibility index (Phi) is 3.53. The van der Waals surface area contributed by atoms with Gasteiger partial charge in [0.25, 0.3) is 5.91 Å². The molecule has 5 nitrogen and oxygen atoms in total. The minimum Gasteiger partial charge on any atom is -0.454 e. The predicted octanol–water partition coefficient (Wildman–Crippen LogP) is 3.12. The Morgan fingerprint density at radius 3 is 2.96 bits per heavy atom. The topological polar surface area (TPSA) is 59.9 Å². The molecular formula is C17H16N2O3S. The molecule has 6 heteroatoms. The number of aryl methyl sites for hydroxylation is 2. The number of ether oxygens (including phenoxy) is 2. The van der Waals surface area contributed by atoms with E-state index in [0.29, 0.717) is 5.75 Å². The van der Waals surface area contributed by atoms with Crippen molar-refractivity contribution in [3.63, 3.8) is 0 Å². The molecule has 2 aromatic rings. The molecule has 0 fully saturated rings. The van der Waals surface area contributed by atoms with Crippen molar-refractivity contribution in [3.05, 3.63) is 45.1 Å². The van der Waals surface area contributed by atoms with Gasteiger partial charge in [0.2, 0.25) is 6.79 Å². The third-order valence-corrected chi connectivity index (χ3v) is 5.32. The number of hydrogen-bond donors (Lipinski definition) is 1. The van der Waals surface area contributed by atoms with E-state index in [1.807, 2.05) is 31.2 Å². The summed E-state index contributed by atoms with van der Waals surface area (Å²) in [5.74, 6) is 1.29. The van der Waals surface area contributed by atoms with E-state index in [9.17, 15) is 4.79 Å². The molecule has 118 valence electrons. The van der Waals surface area contributed by atoms with Crippen LogP contribution in [0.15, 0.2) is 29.4 Å². The molecule has 2 aliphatic rings. The molecule has 2 heterocycles. The van der Waals surface area contributed by atoms with Gasteiger partial charge in [0.05, 0.1) is 10.6 Å². The molecule has 0 unspecified atom stereocenters. The number of carbonyl (C=O) groups is 1. The molecule has 1 aromatic carbocycles. The van der Waals surface area contributed by atoms with Crippen molar-refractivity contribution in [2.45, 2.75) is 26.2 Å². The molecule has 1 N–H and O–H groups in total. The van der Waals surface area contributed by atoms with Gasteiger partial charge in [-0.2, -0.15) is 5.10 Å². The maximum atomic E-state index is 12.2. The molecule has 0 spiro atoms. The van der Waals surface area contributed by atoms with E-state index in [1.54, 1.807) is 11.3 Å². The summed E-state index contributed by atoms with van der Waals surface area (Å²) in [6.07, 6.45) is 3.37. The van der Waals surface area contributed by atoms with Gasteiger partial charge in [0, 0.05) is 10.4 Å². The summed E-state index contributed by atoms with van der Waals surface area (Å²) < 4.78 is 10.6. The molecule has 0 atom stereocenters. The van der Waals surface area contributed by atoms with Gasteiger partial charge in [-0.3, -0.25) is 4.79 Å². The van der Waals surface area contributed by atoms with Crippen molar-refractivity contribution < 1.29 is 14.3 Å². The Morgan fingerprint density at radius 1 is 1.22 bits per heavy atom. The van der Waals surface area contributed by atoms with E-state index in [-0.39, 0.29) is 12.7 Å². The smallest absolute Gasteiger partial charge is 0.281 e. The van der Waals surface area contributed by atoms with Crippen LogP contribution in [0.1, 0.15) is 39.0 Å². The third kappa shape index (κ3) is 2.70. The lowest BCUT2D eigenvalue weighted by atomic mass is 10.1.